The molecule has 10 aromatic rings. The number of para-hydroxylation sites is 3. The Morgan fingerprint density at radius 1 is 0.452 bits per heavy atom. The van der Waals surface area contributed by atoms with Gasteiger partial charge in [-0.1, -0.05) is 97.1 Å². The van der Waals surface area contributed by atoms with Crippen LogP contribution in [0.1, 0.15) is 22.3 Å². The fourth-order valence-electron chi connectivity index (χ4n) is 8.75. The summed E-state index contributed by atoms with van der Waals surface area (Å²) in [6, 6.07) is 55.7. The molecule has 0 bridgehead atoms. The van der Waals surface area contributed by atoms with Crippen molar-refractivity contribution in [2.75, 3.05) is 0 Å². The second-order valence-electron chi connectivity index (χ2n) is 14.8. The molecule has 0 aliphatic rings. The molecule has 0 N–H and O–H groups in total. The maximum atomic E-state index is 14.0. The number of alkyl halides is 3. The summed E-state index contributed by atoms with van der Waals surface area (Å²) in [6.45, 7) is 7.80. The molecule has 6 nitrogen and oxygen atoms in total. The van der Waals surface area contributed by atoms with Crippen molar-refractivity contribution in [1.29, 1.82) is 15.8 Å². The minimum absolute atomic E-state index is 0.171. The van der Waals surface area contributed by atoms with Crippen LogP contribution in [-0.4, -0.2) is 9.13 Å². The Balaban J connectivity index is 1.31. The fourth-order valence-corrected chi connectivity index (χ4v) is 8.75. The standard InChI is InChI=1S/C53H27F3N6/c1-60-46-15-7-4-12-40(46)33-19-23-50-44(26-33)42-14-6-9-17-48(42)62(50)52-28-35(39-21-20-37(53(54,55)56)24-36(39)30-58)27-51(45(52)31-59)61-47-16-8-5-13-41(47)43-25-32(18-22-49(43)61)38-11-3-2-10-34(38)29-57/h2-28H. The van der Waals surface area contributed by atoms with Crippen LogP contribution in [-0.2, 0) is 6.18 Å². The topological polar surface area (TPSA) is 85.6 Å². The molecule has 8 aromatic carbocycles. The van der Waals surface area contributed by atoms with Gasteiger partial charge in [-0.2, -0.15) is 29.0 Å². The summed E-state index contributed by atoms with van der Waals surface area (Å²) in [7, 11) is 0. The highest BCUT2D eigenvalue weighted by Crippen LogP contribution is 2.43. The summed E-state index contributed by atoms with van der Waals surface area (Å²) >= 11 is 0. The highest BCUT2D eigenvalue weighted by Gasteiger charge is 2.32. The van der Waals surface area contributed by atoms with Crippen molar-refractivity contribution in [3.8, 4) is 63.0 Å². The summed E-state index contributed by atoms with van der Waals surface area (Å²) in [5, 5.41) is 35.1. The summed E-state index contributed by atoms with van der Waals surface area (Å²) in [6.07, 6.45) is -4.67. The number of halogens is 3. The Morgan fingerprint density at radius 2 is 0.952 bits per heavy atom. The molecule has 0 amide bonds. The molecule has 290 valence electrons. The van der Waals surface area contributed by atoms with Gasteiger partial charge in [0.1, 0.15) is 11.6 Å². The number of hydrogen-bond acceptors (Lipinski definition) is 3. The lowest BCUT2D eigenvalue weighted by Gasteiger charge is -2.19. The van der Waals surface area contributed by atoms with Crippen molar-refractivity contribution >= 4 is 49.3 Å². The van der Waals surface area contributed by atoms with Gasteiger partial charge in [0.15, 0.2) is 5.69 Å². The van der Waals surface area contributed by atoms with Crippen molar-refractivity contribution in [3.05, 3.63) is 197 Å². The highest BCUT2D eigenvalue weighted by atomic mass is 19.4. The summed E-state index contributed by atoms with van der Waals surface area (Å²) in [5.41, 5.74) is 8.08. The summed E-state index contributed by atoms with van der Waals surface area (Å²) in [5.74, 6) is 0. The van der Waals surface area contributed by atoms with E-state index in [1.165, 1.54) is 6.07 Å². The molecule has 9 heteroatoms. The van der Waals surface area contributed by atoms with E-state index < -0.39 is 11.7 Å². The maximum Gasteiger partial charge on any atom is 0.416 e. The first-order valence-corrected chi connectivity index (χ1v) is 19.5. The summed E-state index contributed by atoms with van der Waals surface area (Å²) < 4.78 is 46.0. The van der Waals surface area contributed by atoms with Gasteiger partial charge >= 0.3 is 6.18 Å². The quantitative estimate of drug-likeness (QED) is 0.162. The van der Waals surface area contributed by atoms with Crippen molar-refractivity contribution < 1.29 is 13.2 Å². The van der Waals surface area contributed by atoms with Crippen LogP contribution in [0.15, 0.2) is 164 Å². The molecule has 0 unspecified atom stereocenters. The van der Waals surface area contributed by atoms with Gasteiger partial charge in [0.25, 0.3) is 0 Å². The Labute approximate surface area is 352 Å². The van der Waals surface area contributed by atoms with Gasteiger partial charge < -0.3 is 9.13 Å². The van der Waals surface area contributed by atoms with Gasteiger partial charge in [-0.3, -0.25) is 0 Å². The van der Waals surface area contributed by atoms with Crippen LogP contribution >= 0.6 is 0 Å². The van der Waals surface area contributed by atoms with E-state index in [1.54, 1.807) is 24.3 Å². The Hall–Kier alpha value is -8.89. The van der Waals surface area contributed by atoms with E-state index in [2.05, 4.69) is 17.0 Å². The van der Waals surface area contributed by atoms with Gasteiger partial charge in [0.05, 0.1) is 68.8 Å². The van der Waals surface area contributed by atoms with Gasteiger partial charge in [0.2, 0.25) is 0 Å². The maximum absolute atomic E-state index is 14.0. The number of aromatic nitrogens is 2. The zero-order chi connectivity index (χ0) is 42.7. The molecule has 0 radical (unpaired) electrons. The SMILES string of the molecule is [C-]#[N+]c1ccccc1-c1ccc2c(c1)c1ccccc1n2-c1cc(-c2ccc(C(F)(F)F)cc2C#N)cc(-n2c3ccccc3c3cc(-c4ccccc4C#N)ccc32)c1C#N. The first-order chi connectivity index (χ1) is 30.2. The number of rotatable bonds is 5. The van der Waals surface area contributed by atoms with Crippen molar-refractivity contribution in [2.24, 2.45) is 0 Å². The highest BCUT2D eigenvalue weighted by molar-refractivity contribution is 6.13. The fraction of sp³-hybridized carbons (Fsp3) is 0.0189. The number of nitriles is 3. The average molecular weight is 805 g/mol. The number of benzene rings is 8. The molecule has 0 saturated carbocycles. The molecule has 2 aromatic heterocycles. The first-order valence-electron chi connectivity index (χ1n) is 19.5. The first kappa shape index (κ1) is 37.4. The smallest absolute Gasteiger partial charge is 0.308 e. The minimum Gasteiger partial charge on any atom is -0.308 e. The normalized spacial score (nSPS) is 11.4. The second-order valence-corrected chi connectivity index (χ2v) is 14.8. The van der Waals surface area contributed by atoms with Crippen LogP contribution in [0, 0.1) is 40.6 Å². The van der Waals surface area contributed by atoms with Crippen molar-refractivity contribution in [1.82, 2.24) is 9.13 Å². The zero-order valence-electron chi connectivity index (χ0n) is 32.4. The third kappa shape index (κ3) is 5.85. The molecular weight excluding hydrogens is 778 g/mol. The Morgan fingerprint density at radius 3 is 1.52 bits per heavy atom. The number of hydrogen-bond donors (Lipinski definition) is 0. The Bertz CT molecular complexity index is 3500. The monoisotopic (exact) mass is 804 g/mol. The number of nitrogens with zero attached hydrogens (tertiary/aromatic N) is 6. The molecule has 2 heterocycles. The molecule has 0 spiro atoms. The minimum atomic E-state index is -4.67. The number of fused-ring (bicyclic) bond motifs is 6. The average Bonchev–Trinajstić information content (AvgIpc) is 3.82. The van der Waals surface area contributed by atoms with E-state index in [9.17, 15) is 29.0 Å². The Kier molecular flexibility index (Phi) is 8.70. The molecule has 0 aliphatic heterocycles. The van der Waals surface area contributed by atoms with Crippen LogP contribution in [0.4, 0.5) is 18.9 Å². The predicted molar refractivity (Wildman–Crippen MR) is 237 cm³/mol. The van der Waals surface area contributed by atoms with Crippen LogP contribution in [0.5, 0.6) is 0 Å². The van der Waals surface area contributed by atoms with Gasteiger partial charge in [-0.15, -0.1) is 0 Å². The third-order valence-electron chi connectivity index (χ3n) is 11.5. The molecule has 62 heavy (non-hydrogen) atoms. The van der Waals surface area contributed by atoms with E-state index >= 15 is 0 Å². The van der Waals surface area contributed by atoms with Gasteiger partial charge in [-0.25, -0.2) is 4.85 Å². The molecular formula is C53H27F3N6. The van der Waals surface area contributed by atoms with Crippen LogP contribution in [0.3, 0.4) is 0 Å². The van der Waals surface area contributed by atoms with Crippen LogP contribution in [0.2, 0.25) is 0 Å². The third-order valence-corrected chi connectivity index (χ3v) is 11.5. The molecule has 0 fully saturated rings. The van der Waals surface area contributed by atoms with Gasteiger partial charge in [0, 0.05) is 21.5 Å². The van der Waals surface area contributed by atoms with E-state index in [1.807, 2.05) is 137 Å². The van der Waals surface area contributed by atoms with E-state index in [4.69, 9.17) is 6.57 Å². The molecule has 0 atom stereocenters. The van der Waals surface area contributed by atoms with Crippen molar-refractivity contribution in [3.63, 3.8) is 0 Å². The van der Waals surface area contributed by atoms with Crippen molar-refractivity contribution in [2.45, 2.75) is 6.18 Å². The lowest BCUT2D eigenvalue weighted by atomic mass is 9.95. The van der Waals surface area contributed by atoms with E-state index in [-0.39, 0.29) is 16.7 Å². The summed E-state index contributed by atoms with van der Waals surface area (Å²) in [4.78, 5) is 3.75. The lowest BCUT2D eigenvalue weighted by Crippen LogP contribution is -2.07. The molecule has 10 rings (SSSR count). The van der Waals surface area contributed by atoms with Crippen LogP contribution in [0.25, 0.3) is 93.2 Å². The second kappa shape index (κ2) is 14.4. The predicted octanol–water partition coefficient (Wildman–Crippen LogP) is 14.1. The molecule has 0 saturated heterocycles. The molecule has 0 aliphatic carbocycles. The largest absolute Gasteiger partial charge is 0.416 e. The van der Waals surface area contributed by atoms with E-state index in [0.29, 0.717) is 28.2 Å². The van der Waals surface area contributed by atoms with Gasteiger partial charge in [-0.05, 0) is 100 Å². The van der Waals surface area contributed by atoms with E-state index in [0.717, 1.165) is 78.0 Å². The van der Waals surface area contributed by atoms with Crippen LogP contribution < -0.4 is 0 Å². The zero-order valence-corrected chi connectivity index (χ0v) is 32.4. The lowest BCUT2D eigenvalue weighted by molar-refractivity contribution is -0.137.